The second kappa shape index (κ2) is 10.1. The molecule has 0 saturated heterocycles. The van der Waals surface area contributed by atoms with Crippen molar-refractivity contribution in [3.63, 3.8) is 0 Å². The van der Waals surface area contributed by atoms with Crippen LogP contribution in [0.1, 0.15) is 28.4 Å². The predicted molar refractivity (Wildman–Crippen MR) is 121 cm³/mol. The molecule has 2 amide bonds. The van der Waals surface area contributed by atoms with Gasteiger partial charge in [0.25, 0.3) is 5.91 Å². The molecule has 0 unspecified atom stereocenters. The second-order valence-electron chi connectivity index (χ2n) is 6.69. The Morgan fingerprint density at radius 3 is 2.30 bits per heavy atom. The lowest BCUT2D eigenvalue weighted by molar-refractivity contribution is -0.111. The molecule has 0 spiro atoms. The summed E-state index contributed by atoms with van der Waals surface area (Å²) in [6, 6.07) is 21.9. The highest BCUT2D eigenvalue weighted by molar-refractivity contribution is 6.11. The van der Waals surface area contributed by atoms with Gasteiger partial charge in [-0.2, -0.15) is 0 Å². The van der Waals surface area contributed by atoms with Gasteiger partial charge in [-0.15, -0.1) is 0 Å². The average Bonchev–Trinajstić information content (AvgIpc) is 2.75. The number of anilines is 2. The molecule has 3 rings (SSSR count). The molecule has 0 saturated carbocycles. The summed E-state index contributed by atoms with van der Waals surface area (Å²) in [6.07, 6.45) is 3.18. The van der Waals surface area contributed by atoms with Crippen LogP contribution in [0.3, 0.4) is 0 Å². The van der Waals surface area contributed by atoms with Gasteiger partial charge in [-0.05, 0) is 61.9 Å². The summed E-state index contributed by atoms with van der Waals surface area (Å²) in [5.74, 6) is 0.123. The Kier molecular flexibility index (Phi) is 7.00. The molecule has 0 aliphatic rings. The van der Waals surface area contributed by atoms with E-state index in [1.165, 1.54) is 6.08 Å². The molecule has 2 N–H and O–H groups in total. The van der Waals surface area contributed by atoms with Gasteiger partial charge in [0.05, 0.1) is 17.9 Å². The van der Waals surface area contributed by atoms with Crippen LogP contribution in [0.4, 0.5) is 11.4 Å². The zero-order valence-electron chi connectivity index (χ0n) is 17.0. The summed E-state index contributed by atoms with van der Waals surface area (Å²) in [4.78, 5) is 25.1. The fourth-order valence-corrected chi connectivity index (χ4v) is 2.81. The van der Waals surface area contributed by atoms with E-state index in [1.54, 1.807) is 54.6 Å². The summed E-state index contributed by atoms with van der Waals surface area (Å²) in [5, 5.41) is 5.62. The molecular formula is C25H24N2O3. The van der Waals surface area contributed by atoms with E-state index in [0.29, 0.717) is 23.5 Å². The number of nitrogens with one attached hydrogen (secondary N) is 2. The molecule has 30 heavy (non-hydrogen) atoms. The first-order valence-corrected chi connectivity index (χ1v) is 9.74. The van der Waals surface area contributed by atoms with Crippen molar-refractivity contribution in [2.24, 2.45) is 0 Å². The highest BCUT2D eigenvalue weighted by Gasteiger charge is 2.12. The van der Waals surface area contributed by atoms with E-state index in [1.807, 2.05) is 38.1 Å². The van der Waals surface area contributed by atoms with Crippen LogP contribution in [0.25, 0.3) is 6.08 Å². The molecule has 0 fully saturated rings. The molecule has 3 aromatic rings. The molecule has 0 heterocycles. The number of rotatable bonds is 7. The van der Waals surface area contributed by atoms with Crippen LogP contribution in [0.5, 0.6) is 5.75 Å². The van der Waals surface area contributed by atoms with Gasteiger partial charge in [0, 0.05) is 11.8 Å². The topological polar surface area (TPSA) is 67.4 Å². The van der Waals surface area contributed by atoms with Gasteiger partial charge < -0.3 is 15.4 Å². The summed E-state index contributed by atoms with van der Waals surface area (Å²) >= 11 is 0. The Morgan fingerprint density at radius 1 is 0.900 bits per heavy atom. The number of carbonyl (C=O) groups excluding carboxylic acids is 2. The number of benzene rings is 3. The number of para-hydroxylation sites is 1. The Labute approximate surface area is 176 Å². The van der Waals surface area contributed by atoms with E-state index in [4.69, 9.17) is 4.74 Å². The predicted octanol–water partition coefficient (Wildman–Crippen LogP) is 5.30. The van der Waals surface area contributed by atoms with E-state index in [0.717, 1.165) is 16.9 Å². The number of hydrogen-bond acceptors (Lipinski definition) is 3. The number of ether oxygens (including phenoxy) is 1. The minimum atomic E-state index is -0.308. The zero-order valence-corrected chi connectivity index (χ0v) is 17.0. The molecule has 0 bridgehead atoms. The Bertz CT molecular complexity index is 1040. The maximum Gasteiger partial charge on any atom is 0.257 e. The van der Waals surface area contributed by atoms with Crippen LogP contribution in [-0.4, -0.2) is 18.4 Å². The molecule has 0 aliphatic carbocycles. The quantitative estimate of drug-likeness (QED) is 0.529. The van der Waals surface area contributed by atoms with E-state index in [9.17, 15) is 9.59 Å². The summed E-state index contributed by atoms with van der Waals surface area (Å²) < 4.78 is 5.41. The van der Waals surface area contributed by atoms with E-state index in [-0.39, 0.29) is 11.8 Å². The van der Waals surface area contributed by atoms with Crippen molar-refractivity contribution in [3.8, 4) is 5.75 Å². The third-order valence-corrected chi connectivity index (χ3v) is 4.36. The SMILES string of the molecule is CCOc1ccc(NC(=O)c2ccccc2NC(=O)C=Cc2ccc(C)cc2)cc1. The standard InChI is InChI=1S/C25H24N2O3/c1-3-30-21-15-13-20(14-16-21)26-25(29)22-6-4-5-7-23(22)27-24(28)17-12-19-10-8-18(2)9-11-19/h4-17H,3H2,1-2H3,(H,26,29)(H,27,28). The maximum atomic E-state index is 12.7. The molecular weight excluding hydrogens is 376 g/mol. The molecule has 0 aromatic heterocycles. The van der Waals surface area contributed by atoms with Crippen LogP contribution in [0.2, 0.25) is 0 Å². The lowest BCUT2D eigenvalue weighted by Crippen LogP contribution is -2.17. The van der Waals surface area contributed by atoms with Gasteiger partial charge in [-0.25, -0.2) is 0 Å². The van der Waals surface area contributed by atoms with Crippen molar-refractivity contribution in [1.82, 2.24) is 0 Å². The second-order valence-corrected chi connectivity index (χ2v) is 6.69. The molecule has 3 aromatic carbocycles. The lowest BCUT2D eigenvalue weighted by atomic mass is 10.1. The van der Waals surface area contributed by atoms with Crippen molar-refractivity contribution in [3.05, 3.63) is 95.6 Å². The summed E-state index contributed by atoms with van der Waals surface area (Å²) in [5.41, 5.74) is 3.55. The zero-order chi connectivity index (χ0) is 21.3. The minimum absolute atomic E-state index is 0.308. The molecule has 152 valence electrons. The summed E-state index contributed by atoms with van der Waals surface area (Å²) in [7, 11) is 0. The van der Waals surface area contributed by atoms with E-state index >= 15 is 0 Å². The fourth-order valence-electron chi connectivity index (χ4n) is 2.81. The third-order valence-electron chi connectivity index (χ3n) is 4.36. The molecule has 0 aliphatic heterocycles. The Balaban J connectivity index is 1.67. The van der Waals surface area contributed by atoms with Crippen molar-refractivity contribution in [1.29, 1.82) is 0 Å². The lowest BCUT2D eigenvalue weighted by Gasteiger charge is -2.11. The molecule has 0 atom stereocenters. The smallest absolute Gasteiger partial charge is 0.257 e. The minimum Gasteiger partial charge on any atom is -0.494 e. The van der Waals surface area contributed by atoms with E-state index < -0.39 is 0 Å². The fraction of sp³-hybridized carbons (Fsp3) is 0.120. The highest BCUT2D eigenvalue weighted by atomic mass is 16.5. The van der Waals surface area contributed by atoms with Gasteiger partial charge in [-0.3, -0.25) is 9.59 Å². The largest absolute Gasteiger partial charge is 0.494 e. The summed E-state index contributed by atoms with van der Waals surface area (Å²) in [6.45, 7) is 4.50. The number of aryl methyl sites for hydroxylation is 1. The Hall–Kier alpha value is -3.86. The van der Waals surface area contributed by atoms with Gasteiger partial charge in [-0.1, -0.05) is 42.0 Å². The highest BCUT2D eigenvalue weighted by Crippen LogP contribution is 2.20. The van der Waals surface area contributed by atoms with Crippen LogP contribution in [0, 0.1) is 6.92 Å². The monoisotopic (exact) mass is 400 g/mol. The molecule has 5 nitrogen and oxygen atoms in total. The van der Waals surface area contributed by atoms with Crippen LogP contribution in [-0.2, 0) is 4.79 Å². The first kappa shape index (κ1) is 20.9. The molecule has 5 heteroatoms. The van der Waals surface area contributed by atoms with Gasteiger partial charge >= 0.3 is 0 Å². The Morgan fingerprint density at radius 2 is 1.60 bits per heavy atom. The van der Waals surface area contributed by atoms with Gasteiger partial charge in [0.2, 0.25) is 5.91 Å². The van der Waals surface area contributed by atoms with Crippen molar-refractivity contribution in [2.45, 2.75) is 13.8 Å². The van der Waals surface area contributed by atoms with Crippen molar-refractivity contribution >= 4 is 29.3 Å². The van der Waals surface area contributed by atoms with Crippen molar-refractivity contribution in [2.75, 3.05) is 17.2 Å². The first-order valence-electron chi connectivity index (χ1n) is 9.74. The maximum absolute atomic E-state index is 12.7. The van der Waals surface area contributed by atoms with Crippen molar-refractivity contribution < 1.29 is 14.3 Å². The van der Waals surface area contributed by atoms with E-state index in [2.05, 4.69) is 10.6 Å². The van der Waals surface area contributed by atoms with Gasteiger partial charge in [0.1, 0.15) is 5.75 Å². The van der Waals surface area contributed by atoms with Crippen LogP contribution >= 0.6 is 0 Å². The average molecular weight is 400 g/mol. The first-order chi connectivity index (χ1) is 14.5. The number of hydrogen-bond donors (Lipinski definition) is 2. The van der Waals surface area contributed by atoms with Crippen LogP contribution < -0.4 is 15.4 Å². The van der Waals surface area contributed by atoms with Crippen LogP contribution in [0.15, 0.2) is 78.9 Å². The number of amides is 2. The number of carbonyl (C=O) groups is 2. The normalized spacial score (nSPS) is 10.6. The molecule has 0 radical (unpaired) electrons. The third kappa shape index (κ3) is 5.82. The van der Waals surface area contributed by atoms with Gasteiger partial charge in [0.15, 0.2) is 0 Å².